The first-order valence-corrected chi connectivity index (χ1v) is 9.03. The summed E-state index contributed by atoms with van der Waals surface area (Å²) in [6.07, 6.45) is 7.46. The van der Waals surface area contributed by atoms with Gasteiger partial charge in [0.1, 0.15) is 11.5 Å². The lowest BCUT2D eigenvalue weighted by Gasteiger charge is -2.31. The van der Waals surface area contributed by atoms with Crippen LogP contribution in [-0.4, -0.2) is 33.9 Å². The van der Waals surface area contributed by atoms with E-state index in [4.69, 9.17) is 4.74 Å². The van der Waals surface area contributed by atoms with E-state index in [0.717, 1.165) is 25.1 Å². The molecule has 1 saturated heterocycles. The number of piperidine rings is 1. The van der Waals surface area contributed by atoms with Crippen LogP contribution in [0.2, 0.25) is 0 Å². The van der Waals surface area contributed by atoms with Crippen molar-refractivity contribution in [3.63, 3.8) is 0 Å². The summed E-state index contributed by atoms with van der Waals surface area (Å²) < 4.78 is 5.91. The Balaban J connectivity index is 1.64. The van der Waals surface area contributed by atoms with Gasteiger partial charge in [-0.2, -0.15) is 0 Å². The van der Waals surface area contributed by atoms with Gasteiger partial charge in [0.15, 0.2) is 5.76 Å². The predicted molar refractivity (Wildman–Crippen MR) is 99.0 cm³/mol. The monoisotopic (exact) mass is 350 g/mol. The van der Waals surface area contributed by atoms with Crippen LogP contribution in [0.5, 0.6) is 11.5 Å². The highest BCUT2D eigenvalue weighted by Crippen LogP contribution is 2.40. The summed E-state index contributed by atoms with van der Waals surface area (Å²) in [7, 11) is 0. The topological polar surface area (TPSA) is 62.7 Å². The van der Waals surface area contributed by atoms with Gasteiger partial charge in [-0.1, -0.05) is 6.92 Å². The number of likely N-dealkylation sites (tertiary alicyclic amines) is 1. The molecule has 1 N–H and O–H groups in total. The third-order valence-electron chi connectivity index (χ3n) is 5.04. The molecule has 1 atom stereocenters. The number of hydrogen-bond donors (Lipinski definition) is 1. The molecule has 0 aliphatic carbocycles. The molecule has 5 heteroatoms. The molecule has 0 saturated carbocycles. The molecule has 26 heavy (non-hydrogen) atoms. The van der Waals surface area contributed by atoms with Crippen LogP contribution in [-0.2, 0) is 6.54 Å². The van der Waals surface area contributed by atoms with E-state index in [9.17, 15) is 9.90 Å². The van der Waals surface area contributed by atoms with Crippen LogP contribution in [0.15, 0.2) is 42.4 Å². The van der Waals surface area contributed by atoms with Gasteiger partial charge in [-0.3, -0.25) is 14.7 Å². The maximum absolute atomic E-state index is 12.7. The minimum atomic E-state index is -0.148. The zero-order valence-corrected chi connectivity index (χ0v) is 14.8. The van der Waals surface area contributed by atoms with Crippen molar-refractivity contribution in [2.24, 2.45) is 5.92 Å². The quantitative estimate of drug-likeness (QED) is 0.857. The molecule has 4 rings (SSSR count). The summed E-state index contributed by atoms with van der Waals surface area (Å²) in [6.45, 7) is 4.84. The fourth-order valence-electron chi connectivity index (χ4n) is 3.71. The molecule has 2 aliphatic heterocycles. The number of carbonyl (C=O) groups excluding carboxylic acids is 1. The second-order valence-electron chi connectivity index (χ2n) is 7.14. The van der Waals surface area contributed by atoms with Crippen LogP contribution in [0.25, 0.3) is 6.08 Å². The normalized spacial score (nSPS) is 21.7. The molecule has 0 radical (unpaired) electrons. The average Bonchev–Trinajstić information content (AvgIpc) is 2.95. The summed E-state index contributed by atoms with van der Waals surface area (Å²) in [5.74, 6) is 1.45. The lowest BCUT2D eigenvalue weighted by atomic mass is 9.99. The maximum atomic E-state index is 12.7. The third kappa shape index (κ3) is 3.22. The van der Waals surface area contributed by atoms with Gasteiger partial charge < -0.3 is 9.84 Å². The van der Waals surface area contributed by atoms with Crippen LogP contribution in [0.3, 0.4) is 0 Å². The first-order chi connectivity index (χ1) is 12.6. The molecule has 2 aromatic rings. The second-order valence-corrected chi connectivity index (χ2v) is 7.14. The standard InChI is InChI=1S/C21H22N2O3/c1-14-3-2-10-23(12-14)13-17-18(24)5-4-16-20(25)19(26-21(16)17)11-15-6-8-22-9-7-15/h4-9,11,14,24H,2-3,10,12-13H2,1H3/b19-11-. The van der Waals surface area contributed by atoms with Gasteiger partial charge >= 0.3 is 0 Å². The average molecular weight is 350 g/mol. The van der Waals surface area contributed by atoms with Crippen LogP contribution < -0.4 is 4.74 Å². The van der Waals surface area contributed by atoms with E-state index >= 15 is 0 Å². The fourth-order valence-corrected chi connectivity index (χ4v) is 3.71. The zero-order chi connectivity index (χ0) is 18.1. The molecule has 0 bridgehead atoms. The Bertz CT molecular complexity index is 861. The van der Waals surface area contributed by atoms with Crippen molar-refractivity contribution in [2.45, 2.75) is 26.3 Å². The van der Waals surface area contributed by atoms with Gasteiger partial charge in [0, 0.05) is 25.5 Å². The number of aromatic hydroxyl groups is 1. The number of aromatic nitrogens is 1. The summed E-state index contributed by atoms with van der Waals surface area (Å²) in [5.41, 5.74) is 2.07. The molecule has 1 aromatic carbocycles. The van der Waals surface area contributed by atoms with Crippen molar-refractivity contribution in [3.05, 3.63) is 59.1 Å². The highest BCUT2D eigenvalue weighted by molar-refractivity contribution is 6.14. The van der Waals surface area contributed by atoms with Crippen molar-refractivity contribution in [2.75, 3.05) is 13.1 Å². The summed E-state index contributed by atoms with van der Waals surface area (Å²) >= 11 is 0. The van der Waals surface area contributed by atoms with Crippen LogP contribution in [0.4, 0.5) is 0 Å². The van der Waals surface area contributed by atoms with Crippen molar-refractivity contribution in [1.82, 2.24) is 9.88 Å². The Kier molecular flexibility index (Phi) is 4.47. The number of ketones is 1. The second kappa shape index (κ2) is 6.92. The fraction of sp³-hybridized carbons (Fsp3) is 0.333. The smallest absolute Gasteiger partial charge is 0.231 e. The molecule has 0 amide bonds. The van der Waals surface area contributed by atoms with Gasteiger partial charge in [-0.05, 0) is 61.2 Å². The Morgan fingerprint density at radius 1 is 1.31 bits per heavy atom. The number of fused-ring (bicyclic) bond motifs is 1. The van der Waals surface area contributed by atoms with E-state index in [1.54, 1.807) is 30.6 Å². The van der Waals surface area contributed by atoms with Crippen molar-refractivity contribution in [1.29, 1.82) is 0 Å². The van der Waals surface area contributed by atoms with E-state index in [1.165, 1.54) is 6.42 Å². The number of ether oxygens (including phenoxy) is 1. The molecular weight excluding hydrogens is 328 g/mol. The van der Waals surface area contributed by atoms with Gasteiger partial charge in [-0.25, -0.2) is 0 Å². The van der Waals surface area contributed by atoms with Crippen LogP contribution >= 0.6 is 0 Å². The number of carbonyl (C=O) groups is 1. The molecule has 5 nitrogen and oxygen atoms in total. The predicted octanol–water partition coefficient (Wildman–Crippen LogP) is 3.64. The molecule has 1 aromatic heterocycles. The molecule has 1 unspecified atom stereocenters. The highest BCUT2D eigenvalue weighted by atomic mass is 16.5. The number of pyridine rings is 1. The highest BCUT2D eigenvalue weighted by Gasteiger charge is 2.32. The molecule has 3 heterocycles. The SMILES string of the molecule is CC1CCCN(Cc2c(O)ccc3c2O/C(=C\c2ccncc2)C3=O)C1. The first-order valence-electron chi connectivity index (χ1n) is 9.03. The van der Waals surface area contributed by atoms with Crippen molar-refractivity contribution < 1.29 is 14.6 Å². The van der Waals surface area contributed by atoms with Crippen molar-refractivity contribution >= 4 is 11.9 Å². The van der Waals surface area contributed by atoms with E-state index in [2.05, 4.69) is 16.8 Å². The molecule has 2 aliphatic rings. The zero-order valence-electron chi connectivity index (χ0n) is 14.8. The first kappa shape index (κ1) is 16.8. The van der Waals surface area contributed by atoms with Crippen LogP contribution in [0.1, 0.15) is 41.3 Å². The number of Topliss-reactive ketones (excluding diaryl/α,β-unsaturated/α-hetero) is 1. The number of rotatable bonds is 3. The molecule has 134 valence electrons. The summed E-state index contributed by atoms with van der Waals surface area (Å²) in [6, 6.07) is 6.88. The third-order valence-corrected chi connectivity index (χ3v) is 5.04. The summed E-state index contributed by atoms with van der Waals surface area (Å²) in [4.78, 5) is 19.0. The maximum Gasteiger partial charge on any atom is 0.231 e. The van der Waals surface area contributed by atoms with E-state index in [0.29, 0.717) is 29.3 Å². The van der Waals surface area contributed by atoms with Gasteiger partial charge in [-0.15, -0.1) is 0 Å². The van der Waals surface area contributed by atoms with E-state index in [-0.39, 0.29) is 17.3 Å². The Hall–Kier alpha value is -2.66. The molecule has 1 fully saturated rings. The summed E-state index contributed by atoms with van der Waals surface area (Å²) in [5, 5.41) is 10.4. The van der Waals surface area contributed by atoms with Gasteiger partial charge in [0.05, 0.1) is 11.1 Å². The van der Waals surface area contributed by atoms with E-state index < -0.39 is 0 Å². The Morgan fingerprint density at radius 2 is 2.12 bits per heavy atom. The molecular formula is C21H22N2O3. The minimum absolute atomic E-state index is 0.148. The number of phenols is 1. The largest absolute Gasteiger partial charge is 0.507 e. The number of hydrogen-bond acceptors (Lipinski definition) is 5. The number of allylic oxidation sites excluding steroid dienone is 1. The van der Waals surface area contributed by atoms with Gasteiger partial charge in [0.25, 0.3) is 0 Å². The van der Waals surface area contributed by atoms with E-state index in [1.807, 2.05) is 12.1 Å². The van der Waals surface area contributed by atoms with Crippen LogP contribution in [0, 0.1) is 5.92 Å². The lowest BCUT2D eigenvalue weighted by Crippen LogP contribution is -2.33. The van der Waals surface area contributed by atoms with Gasteiger partial charge in [0.2, 0.25) is 5.78 Å². The Morgan fingerprint density at radius 3 is 2.88 bits per heavy atom. The number of nitrogens with zero attached hydrogens (tertiary/aromatic N) is 2. The number of phenolic OH excluding ortho intramolecular Hbond substituents is 1. The Labute approximate surface area is 152 Å². The molecule has 0 spiro atoms. The minimum Gasteiger partial charge on any atom is -0.507 e. The lowest BCUT2D eigenvalue weighted by molar-refractivity contribution is 0.101. The van der Waals surface area contributed by atoms with Crippen molar-refractivity contribution in [3.8, 4) is 11.5 Å². The number of benzene rings is 1.